The van der Waals surface area contributed by atoms with Gasteiger partial charge in [-0.3, -0.25) is 9.59 Å². The standard InChI is InChI=1S/C18H18N2O2S/c19-17(21)14-8-9-20(12-14)18(22)15(16-7-4-10-23-16)11-13-5-2-1-3-6-13/h1-7,10-11,14H,8-9,12H2,(H2,19,21)/b15-11-/t14-/m1/s1. The van der Waals surface area contributed by atoms with Gasteiger partial charge in [0.15, 0.2) is 0 Å². The molecule has 1 aliphatic rings. The first-order valence-corrected chi connectivity index (χ1v) is 8.42. The van der Waals surface area contributed by atoms with E-state index in [2.05, 4.69) is 0 Å². The van der Waals surface area contributed by atoms with Crippen LogP contribution in [0.15, 0.2) is 47.8 Å². The summed E-state index contributed by atoms with van der Waals surface area (Å²) in [4.78, 5) is 26.9. The van der Waals surface area contributed by atoms with Crippen molar-refractivity contribution in [3.05, 3.63) is 58.3 Å². The second-order valence-electron chi connectivity index (χ2n) is 5.59. The van der Waals surface area contributed by atoms with Crippen LogP contribution in [-0.4, -0.2) is 29.8 Å². The van der Waals surface area contributed by atoms with Crippen molar-refractivity contribution in [2.45, 2.75) is 6.42 Å². The molecule has 4 nitrogen and oxygen atoms in total. The number of amides is 2. The first kappa shape index (κ1) is 15.5. The lowest BCUT2D eigenvalue weighted by molar-refractivity contribution is -0.124. The van der Waals surface area contributed by atoms with E-state index in [1.165, 1.54) is 11.3 Å². The van der Waals surface area contributed by atoms with Crippen LogP contribution in [-0.2, 0) is 9.59 Å². The molecule has 3 rings (SSSR count). The van der Waals surface area contributed by atoms with Gasteiger partial charge in [-0.1, -0.05) is 36.4 Å². The Morgan fingerprint density at radius 3 is 2.57 bits per heavy atom. The number of likely N-dealkylation sites (tertiary alicyclic amines) is 1. The van der Waals surface area contributed by atoms with Gasteiger partial charge in [-0.05, 0) is 29.5 Å². The first-order valence-electron chi connectivity index (χ1n) is 7.54. The number of thiophene rings is 1. The van der Waals surface area contributed by atoms with Crippen LogP contribution < -0.4 is 5.73 Å². The Hall–Kier alpha value is -2.40. The molecular weight excluding hydrogens is 308 g/mol. The summed E-state index contributed by atoms with van der Waals surface area (Å²) in [6.45, 7) is 0.982. The molecule has 23 heavy (non-hydrogen) atoms. The van der Waals surface area contributed by atoms with E-state index < -0.39 is 0 Å². The number of carbonyl (C=O) groups excluding carboxylic acids is 2. The molecule has 2 aromatic rings. The van der Waals surface area contributed by atoms with E-state index in [1.807, 2.05) is 53.9 Å². The van der Waals surface area contributed by atoms with Crippen molar-refractivity contribution in [1.82, 2.24) is 4.90 Å². The van der Waals surface area contributed by atoms with Crippen molar-refractivity contribution in [2.75, 3.05) is 13.1 Å². The molecule has 2 N–H and O–H groups in total. The van der Waals surface area contributed by atoms with Crippen LogP contribution >= 0.6 is 11.3 Å². The average molecular weight is 326 g/mol. The fourth-order valence-corrected chi connectivity index (χ4v) is 3.47. The van der Waals surface area contributed by atoms with E-state index in [0.29, 0.717) is 25.1 Å². The van der Waals surface area contributed by atoms with E-state index in [9.17, 15) is 9.59 Å². The van der Waals surface area contributed by atoms with Gasteiger partial charge in [-0.2, -0.15) is 0 Å². The molecule has 2 heterocycles. The molecule has 0 radical (unpaired) electrons. The molecule has 1 atom stereocenters. The van der Waals surface area contributed by atoms with Gasteiger partial charge in [0.25, 0.3) is 5.91 Å². The highest BCUT2D eigenvalue weighted by molar-refractivity contribution is 7.11. The SMILES string of the molecule is NC(=O)[C@@H]1CCN(C(=O)/C(=C\c2ccccc2)c2cccs2)C1. The number of nitrogens with zero attached hydrogens (tertiary/aromatic N) is 1. The van der Waals surface area contributed by atoms with Crippen molar-refractivity contribution in [3.63, 3.8) is 0 Å². The fraction of sp³-hybridized carbons (Fsp3) is 0.222. The molecule has 1 fully saturated rings. The molecule has 1 aliphatic heterocycles. The predicted molar refractivity (Wildman–Crippen MR) is 92.5 cm³/mol. The largest absolute Gasteiger partial charge is 0.369 e. The van der Waals surface area contributed by atoms with Gasteiger partial charge in [0.1, 0.15) is 0 Å². The fourth-order valence-electron chi connectivity index (χ4n) is 2.73. The number of rotatable bonds is 4. The van der Waals surface area contributed by atoms with Crippen LogP contribution in [0.1, 0.15) is 16.9 Å². The van der Waals surface area contributed by atoms with Gasteiger partial charge in [0.2, 0.25) is 5.91 Å². The van der Waals surface area contributed by atoms with Crippen molar-refractivity contribution >= 4 is 34.8 Å². The van der Waals surface area contributed by atoms with Crippen LogP contribution in [0.5, 0.6) is 0 Å². The molecule has 2 amide bonds. The van der Waals surface area contributed by atoms with Crippen LogP contribution in [0.25, 0.3) is 11.6 Å². The molecule has 0 unspecified atom stereocenters. The van der Waals surface area contributed by atoms with Gasteiger partial charge < -0.3 is 10.6 Å². The lowest BCUT2D eigenvalue weighted by Crippen LogP contribution is -2.32. The highest BCUT2D eigenvalue weighted by Crippen LogP contribution is 2.27. The Balaban J connectivity index is 1.89. The zero-order valence-electron chi connectivity index (χ0n) is 12.6. The second kappa shape index (κ2) is 6.79. The van der Waals surface area contributed by atoms with E-state index in [1.54, 1.807) is 4.90 Å². The number of benzene rings is 1. The predicted octanol–water partition coefficient (Wildman–Crippen LogP) is 2.62. The summed E-state index contributed by atoms with van der Waals surface area (Å²) in [5, 5.41) is 1.96. The third-order valence-electron chi connectivity index (χ3n) is 4.01. The number of hydrogen-bond donors (Lipinski definition) is 1. The zero-order chi connectivity index (χ0) is 16.2. The maximum Gasteiger partial charge on any atom is 0.255 e. The third-order valence-corrected chi connectivity index (χ3v) is 4.91. The Kier molecular flexibility index (Phi) is 4.57. The van der Waals surface area contributed by atoms with E-state index in [4.69, 9.17) is 5.73 Å². The minimum absolute atomic E-state index is 0.0416. The summed E-state index contributed by atoms with van der Waals surface area (Å²) >= 11 is 1.54. The zero-order valence-corrected chi connectivity index (χ0v) is 13.5. The minimum atomic E-state index is -0.329. The normalized spacial score (nSPS) is 18.2. The first-order chi connectivity index (χ1) is 11.1. The smallest absolute Gasteiger partial charge is 0.255 e. The quantitative estimate of drug-likeness (QED) is 0.878. The van der Waals surface area contributed by atoms with Crippen LogP contribution in [0.3, 0.4) is 0 Å². The third kappa shape index (κ3) is 3.51. The topological polar surface area (TPSA) is 63.4 Å². The summed E-state index contributed by atoms with van der Waals surface area (Å²) in [6.07, 6.45) is 2.55. The van der Waals surface area contributed by atoms with Gasteiger partial charge in [0.05, 0.1) is 11.5 Å². The molecule has 0 spiro atoms. The lowest BCUT2D eigenvalue weighted by atomic mass is 10.1. The maximum absolute atomic E-state index is 12.9. The Morgan fingerprint density at radius 2 is 1.96 bits per heavy atom. The second-order valence-corrected chi connectivity index (χ2v) is 6.53. The van der Waals surface area contributed by atoms with Crippen LogP contribution in [0, 0.1) is 5.92 Å². The number of carbonyl (C=O) groups is 2. The molecule has 0 bridgehead atoms. The summed E-state index contributed by atoms with van der Waals surface area (Å²) in [5.41, 5.74) is 7.01. The molecule has 5 heteroatoms. The average Bonchev–Trinajstić information content (AvgIpc) is 3.24. The minimum Gasteiger partial charge on any atom is -0.369 e. The molecule has 0 saturated carbocycles. The highest BCUT2D eigenvalue weighted by Gasteiger charge is 2.31. The van der Waals surface area contributed by atoms with Gasteiger partial charge in [0, 0.05) is 18.0 Å². The lowest BCUT2D eigenvalue weighted by Gasteiger charge is -2.17. The number of nitrogens with two attached hydrogens (primary N) is 1. The molecular formula is C18H18N2O2S. The summed E-state index contributed by atoms with van der Waals surface area (Å²) in [5.74, 6) is -0.606. The summed E-state index contributed by atoms with van der Waals surface area (Å²) in [7, 11) is 0. The Morgan fingerprint density at radius 1 is 1.17 bits per heavy atom. The van der Waals surface area contributed by atoms with E-state index >= 15 is 0 Å². The monoisotopic (exact) mass is 326 g/mol. The van der Waals surface area contributed by atoms with Crippen LogP contribution in [0.2, 0.25) is 0 Å². The van der Waals surface area contributed by atoms with Crippen molar-refractivity contribution in [2.24, 2.45) is 11.7 Å². The van der Waals surface area contributed by atoms with Gasteiger partial charge in [-0.25, -0.2) is 0 Å². The van der Waals surface area contributed by atoms with Gasteiger partial charge in [-0.15, -0.1) is 11.3 Å². The van der Waals surface area contributed by atoms with E-state index in [-0.39, 0.29) is 17.7 Å². The maximum atomic E-state index is 12.9. The van der Waals surface area contributed by atoms with Crippen molar-refractivity contribution in [1.29, 1.82) is 0 Å². The number of hydrogen-bond acceptors (Lipinski definition) is 3. The van der Waals surface area contributed by atoms with Crippen molar-refractivity contribution < 1.29 is 9.59 Å². The molecule has 0 aliphatic carbocycles. The summed E-state index contributed by atoms with van der Waals surface area (Å²) < 4.78 is 0. The highest BCUT2D eigenvalue weighted by atomic mass is 32.1. The van der Waals surface area contributed by atoms with E-state index in [0.717, 1.165) is 10.4 Å². The number of primary amides is 1. The van der Waals surface area contributed by atoms with Crippen LogP contribution in [0.4, 0.5) is 0 Å². The molecule has 1 aromatic carbocycles. The van der Waals surface area contributed by atoms with Crippen molar-refractivity contribution in [3.8, 4) is 0 Å². The Labute approximate surface area is 139 Å². The molecule has 1 saturated heterocycles. The Bertz CT molecular complexity index is 723. The molecule has 1 aromatic heterocycles. The summed E-state index contributed by atoms with van der Waals surface area (Å²) in [6, 6.07) is 13.7. The van der Waals surface area contributed by atoms with Gasteiger partial charge >= 0.3 is 0 Å². The molecule has 118 valence electrons.